The second-order valence-corrected chi connectivity index (χ2v) is 7.22. The quantitative estimate of drug-likeness (QED) is 0.848. The molecule has 25 heavy (non-hydrogen) atoms. The van der Waals surface area contributed by atoms with Crippen molar-refractivity contribution < 1.29 is 9.53 Å². The first-order chi connectivity index (χ1) is 12.0. The van der Waals surface area contributed by atoms with Crippen molar-refractivity contribution in [2.45, 2.75) is 33.7 Å². The summed E-state index contributed by atoms with van der Waals surface area (Å²) in [6, 6.07) is 4.38. The number of rotatable bonds is 6. The topological polar surface area (TPSA) is 57.4 Å². The van der Waals surface area contributed by atoms with E-state index in [0.29, 0.717) is 6.54 Å². The zero-order chi connectivity index (χ0) is 18.0. The Kier molecular flexibility index (Phi) is 5.45. The summed E-state index contributed by atoms with van der Waals surface area (Å²) < 4.78 is 5.12. The first-order valence-electron chi connectivity index (χ1n) is 9.07. The molecule has 1 aromatic heterocycles. The minimum atomic E-state index is 0.0873. The van der Waals surface area contributed by atoms with E-state index >= 15 is 0 Å². The molecule has 2 N–H and O–H groups in total. The van der Waals surface area contributed by atoms with Crippen LogP contribution in [0, 0.1) is 26.7 Å². The Labute approximate surface area is 149 Å². The fraction of sp³-hybridized carbons (Fsp3) is 0.550. The number of likely N-dealkylation sites (tertiary alicyclic amines) is 1. The molecule has 1 aromatic carbocycles. The van der Waals surface area contributed by atoms with Crippen LogP contribution in [0.25, 0.3) is 10.9 Å². The molecular weight excluding hydrogens is 314 g/mol. The number of hydrogen-bond donors (Lipinski definition) is 2. The van der Waals surface area contributed by atoms with Crippen LogP contribution in [0.3, 0.4) is 0 Å². The van der Waals surface area contributed by atoms with Gasteiger partial charge < -0.3 is 19.9 Å². The summed E-state index contributed by atoms with van der Waals surface area (Å²) in [6.45, 7) is 10.4. The fourth-order valence-corrected chi connectivity index (χ4v) is 3.72. The van der Waals surface area contributed by atoms with E-state index in [9.17, 15) is 4.79 Å². The van der Waals surface area contributed by atoms with Crippen molar-refractivity contribution in [3.05, 3.63) is 34.5 Å². The first kappa shape index (κ1) is 18.0. The second kappa shape index (κ2) is 7.58. The van der Waals surface area contributed by atoms with Gasteiger partial charge in [-0.2, -0.15) is 0 Å². The predicted octanol–water partition coefficient (Wildman–Crippen LogP) is 2.68. The van der Waals surface area contributed by atoms with E-state index in [4.69, 9.17) is 4.74 Å². The number of fused-ring (bicyclic) bond motifs is 1. The number of amides is 1. The molecular formula is C20H29N3O2. The Bertz CT molecular complexity index is 766. The van der Waals surface area contributed by atoms with Gasteiger partial charge in [0.2, 0.25) is 5.91 Å². The molecule has 1 aliphatic heterocycles. The van der Waals surface area contributed by atoms with Gasteiger partial charge in [-0.05, 0) is 50.9 Å². The number of methoxy groups -OCH3 is 1. The van der Waals surface area contributed by atoms with Crippen LogP contribution in [0.1, 0.15) is 28.8 Å². The van der Waals surface area contributed by atoms with Crippen molar-refractivity contribution in [3.63, 3.8) is 0 Å². The molecule has 5 nitrogen and oxygen atoms in total. The lowest BCUT2D eigenvalue weighted by atomic mass is 10.0. The normalized spacial score (nSPS) is 18.2. The van der Waals surface area contributed by atoms with Crippen LogP contribution in [0.15, 0.2) is 12.1 Å². The largest absolute Gasteiger partial charge is 0.383 e. The molecule has 2 heterocycles. The van der Waals surface area contributed by atoms with Gasteiger partial charge >= 0.3 is 0 Å². The average Bonchev–Trinajstić information content (AvgIpc) is 3.17. The van der Waals surface area contributed by atoms with E-state index in [0.717, 1.165) is 43.7 Å². The number of aromatic amines is 1. The zero-order valence-corrected chi connectivity index (χ0v) is 15.7. The van der Waals surface area contributed by atoms with Crippen molar-refractivity contribution in [1.82, 2.24) is 15.2 Å². The summed E-state index contributed by atoms with van der Waals surface area (Å²) in [5, 5.41) is 4.41. The Morgan fingerprint density at radius 3 is 2.92 bits per heavy atom. The molecule has 3 rings (SSSR count). The summed E-state index contributed by atoms with van der Waals surface area (Å²) in [6.07, 6.45) is 0.930. The molecule has 0 aliphatic carbocycles. The van der Waals surface area contributed by atoms with E-state index in [-0.39, 0.29) is 11.8 Å². The van der Waals surface area contributed by atoms with Gasteiger partial charge in [0.15, 0.2) is 0 Å². The third kappa shape index (κ3) is 3.88. The molecule has 0 spiro atoms. The SMILES string of the molecule is COCCN1CC[C@@H](C(=O)NCc2cc(C)cc3c(C)c(C)[nH]c23)C1. The second-order valence-electron chi connectivity index (χ2n) is 7.22. The molecule has 0 bridgehead atoms. The first-order valence-corrected chi connectivity index (χ1v) is 9.07. The number of hydrogen-bond acceptors (Lipinski definition) is 3. The third-order valence-corrected chi connectivity index (χ3v) is 5.35. The highest BCUT2D eigenvalue weighted by molar-refractivity contribution is 5.88. The number of H-pyrrole nitrogens is 1. The molecule has 0 saturated carbocycles. The van der Waals surface area contributed by atoms with Gasteiger partial charge in [0.1, 0.15) is 0 Å². The highest BCUT2D eigenvalue weighted by Gasteiger charge is 2.27. The highest BCUT2D eigenvalue weighted by atomic mass is 16.5. The molecule has 1 fully saturated rings. The molecule has 1 saturated heterocycles. The number of nitrogens with zero attached hydrogens (tertiary/aromatic N) is 1. The van der Waals surface area contributed by atoms with E-state index in [1.54, 1.807) is 7.11 Å². The Balaban J connectivity index is 1.65. The van der Waals surface area contributed by atoms with Crippen molar-refractivity contribution in [2.75, 3.05) is 33.4 Å². The highest BCUT2D eigenvalue weighted by Crippen LogP contribution is 2.26. The van der Waals surface area contributed by atoms with Crippen molar-refractivity contribution >= 4 is 16.8 Å². The maximum absolute atomic E-state index is 12.6. The molecule has 1 atom stereocenters. The number of ether oxygens (including phenoxy) is 1. The Morgan fingerprint density at radius 2 is 2.16 bits per heavy atom. The number of aryl methyl sites for hydroxylation is 3. The number of carbonyl (C=O) groups is 1. The van der Waals surface area contributed by atoms with Crippen LogP contribution in [0.2, 0.25) is 0 Å². The summed E-state index contributed by atoms with van der Waals surface area (Å²) in [5.74, 6) is 0.249. The Morgan fingerprint density at radius 1 is 1.36 bits per heavy atom. The van der Waals surface area contributed by atoms with E-state index in [1.807, 2.05) is 0 Å². The average molecular weight is 343 g/mol. The predicted molar refractivity (Wildman–Crippen MR) is 101 cm³/mol. The van der Waals surface area contributed by atoms with Crippen molar-refractivity contribution in [1.29, 1.82) is 0 Å². The molecule has 136 valence electrons. The summed E-state index contributed by atoms with van der Waals surface area (Å²) in [7, 11) is 1.72. The van der Waals surface area contributed by atoms with Crippen LogP contribution in [0.4, 0.5) is 0 Å². The Hall–Kier alpha value is -1.85. The fourth-order valence-electron chi connectivity index (χ4n) is 3.72. The molecule has 5 heteroatoms. The molecule has 2 aromatic rings. The van der Waals surface area contributed by atoms with Crippen LogP contribution >= 0.6 is 0 Å². The standard InChI is InChI=1S/C20H29N3O2/c1-13-9-17(19-18(10-13)14(2)15(3)22-19)11-21-20(24)16-5-6-23(12-16)7-8-25-4/h9-10,16,22H,5-8,11-12H2,1-4H3,(H,21,24)/t16-/m1/s1. The number of nitrogens with one attached hydrogen (secondary N) is 2. The van der Waals surface area contributed by atoms with Gasteiger partial charge in [-0.3, -0.25) is 4.79 Å². The third-order valence-electron chi connectivity index (χ3n) is 5.35. The van der Waals surface area contributed by atoms with E-state index < -0.39 is 0 Å². The molecule has 0 radical (unpaired) electrons. The molecule has 1 amide bonds. The zero-order valence-electron chi connectivity index (χ0n) is 15.7. The molecule has 1 aliphatic rings. The number of aromatic nitrogens is 1. The molecule has 0 unspecified atom stereocenters. The minimum Gasteiger partial charge on any atom is -0.383 e. The van der Waals surface area contributed by atoms with Gasteiger partial charge in [0.05, 0.1) is 18.0 Å². The van der Waals surface area contributed by atoms with Crippen LogP contribution in [-0.2, 0) is 16.1 Å². The van der Waals surface area contributed by atoms with Crippen LogP contribution in [-0.4, -0.2) is 49.1 Å². The summed E-state index contributed by atoms with van der Waals surface area (Å²) in [4.78, 5) is 18.3. The maximum atomic E-state index is 12.6. The van der Waals surface area contributed by atoms with Gasteiger partial charge in [0.25, 0.3) is 0 Å². The van der Waals surface area contributed by atoms with E-state index in [1.165, 1.54) is 22.2 Å². The lowest BCUT2D eigenvalue weighted by molar-refractivity contribution is -0.124. The number of carbonyl (C=O) groups excluding carboxylic acids is 1. The number of benzene rings is 1. The smallest absolute Gasteiger partial charge is 0.224 e. The van der Waals surface area contributed by atoms with Crippen LogP contribution < -0.4 is 5.32 Å². The maximum Gasteiger partial charge on any atom is 0.224 e. The minimum absolute atomic E-state index is 0.0873. The lowest BCUT2D eigenvalue weighted by Crippen LogP contribution is -2.33. The lowest BCUT2D eigenvalue weighted by Gasteiger charge is -2.15. The van der Waals surface area contributed by atoms with E-state index in [2.05, 4.69) is 48.1 Å². The monoisotopic (exact) mass is 343 g/mol. The van der Waals surface area contributed by atoms with Crippen LogP contribution in [0.5, 0.6) is 0 Å². The van der Waals surface area contributed by atoms with Gasteiger partial charge in [-0.25, -0.2) is 0 Å². The van der Waals surface area contributed by atoms with Gasteiger partial charge in [-0.15, -0.1) is 0 Å². The summed E-state index contributed by atoms with van der Waals surface area (Å²) >= 11 is 0. The van der Waals surface area contributed by atoms with Crippen molar-refractivity contribution in [2.24, 2.45) is 5.92 Å². The van der Waals surface area contributed by atoms with Gasteiger partial charge in [-0.1, -0.05) is 11.6 Å². The van der Waals surface area contributed by atoms with Crippen molar-refractivity contribution in [3.8, 4) is 0 Å². The van der Waals surface area contributed by atoms with Gasteiger partial charge in [0, 0.05) is 37.8 Å². The summed E-state index contributed by atoms with van der Waals surface area (Å²) in [5.41, 5.74) is 6.02.